The van der Waals surface area contributed by atoms with Gasteiger partial charge in [0.2, 0.25) is 5.91 Å². The van der Waals surface area contributed by atoms with Gasteiger partial charge in [0.1, 0.15) is 0 Å². The second kappa shape index (κ2) is 8.98. The molecule has 0 radical (unpaired) electrons. The van der Waals surface area contributed by atoms with E-state index in [0.717, 1.165) is 11.1 Å². The predicted molar refractivity (Wildman–Crippen MR) is 108 cm³/mol. The van der Waals surface area contributed by atoms with Gasteiger partial charge in [-0.15, -0.1) is 4.91 Å². The molecule has 6 heteroatoms. The lowest BCUT2D eigenvalue weighted by Gasteiger charge is -2.20. The quantitative estimate of drug-likeness (QED) is 0.289. The van der Waals surface area contributed by atoms with Crippen molar-refractivity contribution < 1.29 is 9.90 Å². The number of aromatic hydroxyl groups is 1. The summed E-state index contributed by atoms with van der Waals surface area (Å²) in [5.41, 5.74) is 8.95. The van der Waals surface area contributed by atoms with Crippen molar-refractivity contribution >= 4 is 17.3 Å². The van der Waals surface area contributed by atoms with Gasteiger partial charge in [-0.25, -0.2) is 0 Å². The first kappa shape index (κ1) is 20.2. The number of carbonyl (C=O) groups is 1. The lowest BCUT2D eigenvalue weighted by Crippen LogP contribution is -2.27. The zero-order valence-electron chi connectivity index (χ0n) is 15.8. The number of nitrogen functional groups attached to an aromatic ring is 1. The molecule has 0 saturated heterocycles. The Balaban J connectivity index is 2.32. The maximum Gasteiger partial charge on any atom is 0.248 e. The summed E-state index contributed by atoms with van der Waals surface area (Å²) in [7, 11) is 0. The van der Waals surface area contributed by atoms with Crippen LogP contribution < -0.4 is 11.1 Å². The molecule has 6 nitrogen and oxygen atoms in total. The Hall–Kier alpha value is -3.15. The lowest BCUT2D eigenvalue weighted by atomic mass is 9.87. The molecule has 2 aromatic carbocycles. The van der Waals surface area contributed by atoms with Crippen molar-refractivity contribution in [1.29, 1.82) is 0 Å². The molecular weight excluding hydrogens is 342 g/mol. The van der Waals surface area contributed by atoms with E-state index in [-0.39, 0.29) is 28.9 Å². The van der Waals surface area contributed by atoms with Crippen molar-refractivity contribution in [3.8, 4) is 5.75 Å². The molecule has 0 aliphatic carbocycles. The number of carbonyl (C=O) groups excluding carboxylic acids is 1. The summed E-state index contributed by atoms with van der Waals surface area (Å²) in [5.74, 6) is -0.825. The standard InChI is InChI=1S/C21H25N3O3/c1-4-13(2)19(21(26)23-12-15-8-6-5-7-9-15)14(3)16-10-17(22)20(25)18(11-16)24-27/h5-11,14,25H,4,12,22H2,1-3H3,(H,23,26)/b19-13-. The van der Waals surface area contributed by atoms with Gasteiger partial charge >= 0.3 is 0 Å². The van der Waals surface area contributed by atoms with E-state index in [1.165, 1.54) is 6.07 Å². The SMILES string of the molecule is CC/C(C)=C(\C(=O)NCc1ccccc1)C(C)c1cc(N)c(O)c(N=O)c1. The molecule has 0 aliphatic heterocycles. The van der Waals surface area contributed by atoms with Crippen molar-refractivity contribution in [2.45, 2.75) is 39.7 Å². The minimum atomic E-state index is -0.341. The molecule has 1 unspecified atom stereocenters. The molecule has 1 amide bonds. The summed E-state index contributed by atoms with van der Waals surface area (Å²) in [6, 6.07) is 12.7. The fourth-order valence-corrected chi connectivity index (χ4v) is 2.97. The Labute approximate surface area is 159 Å². The van der Waals surface area contributed by atoms with Crippen LogP contribution in [-0.2, 0) is 11.3 Å². The van der Waals surface area contributed by atoms with Gasteiger partial charge in [-0.2, -0.15) is 0 Å². The second-order valence-corrected chi connectivity index (χ2v) is 6.51. The van der Waals surface area contributed by atoms with Crippen LogP contribution in [-0.4, -0.2) is 11.0 Å². The number of phenols is 1. The maximum atomic E-state index is 12.9. The molecule has 4 N–H and O–H groups in total. The van der Waals surface area contributed by atoms with E-state index in [0.29, 0.717) is 24.1 Å². The average molecular weight is 367 g/mol. The molecule has 0 spiro atoms. The molecule has 1 atom stereocenters. The van der Waals surface area contributed by atoms with Gasteiger partial charge in [0.05, 0.1) is 5.69 Å². The molecule has 2 rings (SSSR count). The van der Waals surface area contributed by atoms with Crippen LogP contribution in [0.3, 0.4) is 0 Å². The van der Waals surface area contributed by atoms with Crippen LogP contribution in [0.5, 0.6) is 5.75 Å². The van der Waals surface area contributed by atoms with Crippen LogP contribution in [0.15, 0.2) is 58.8 Å². The van der Waals surface area contributed by atoms with E-state index < -0.39 is 0 Å². The molecule has 0 heterocycles. The van der Waals surface area contributed by atoms with Crippen LogP contribution in [0.4, 0.5) is 11.4 Å². The summed E-state index contributed by atoms with van der Waals surface area (Å²) in [6.45, 7) is 6.19. The van der Waals surface area contributed by atoms with Gasteiger partial charge in [-0.3, -0.25) is 4.79 Å². The average Bonchev–Trinajstić information content (AvgIpc) is 2.68. The van der Waals surface area contributed by atoms with E-state index in [4.69, 9.17) is 5.73 Å². The number of hydrogen-bond acceptors (Lipinski definition) is 5. The van der Waals surface area contributed by atoms with Gasteiger partial charge in [-0.05, 0) is 41.8 Å². The van der Waals surface area contributed by atoms with E-state index >= 15 is 0 Å². The van der Waals surface area contributed by atoms with Gasteiger partial charge in [0.25, 0.3) is 0 Å². The van der Waals surface area contributed by atoms with Crippen molar-refractivity contribution in [3.63, 3.8) is 0 Å². The maximum absolute atomic E-state index is 12.9. The Bertz CT molecular complexity index is 860. The fraction of sp³-hybridized carbons (Fsp3) is 0.286. The Kier molecular flexibility index (Phi) is 6.71. The number of nitrogens with two attached hydrogens (primary N) is 1. The zero-order valence-corrected chi connectivity index (χ0v) is 15.8. The minimum Gasteiger partial charge on any atom is -0.504 e. The third-order valence-electron chi connectivity index (χ3n) is 4.70. The zero-order chi connectivity index (χ0) is 20.0. The van der Waals surface area contributed by atoms with Crippen molar-refractivity contribution in [2.24, 2.45) is 5.18 Å². The van der Waals surface area contributed by atoms with Gasteiger partial charge in [0, 0.05) is 18.0 Å². The molecule has 0 fully saturated rings. The molecule has 0 saturated carbocycles. The molecule has 0 aromatic heterocycles. The summed E-state index contributed by atoms with van der Waals surface area (Å²) >= 11 is 0. The first-order valence-corrected chi connectivity index (χ1v) is 8.86. The first-order chi connectivity index (χ1) is 12.9. The molecular formula is C21H25N3O3. The second-order valence-electron chi connectivity index (χ2n) is 6.51. The minimum absolute atomic E-state index is 0.0622. The Morgan fingerprint density at radius 2 is 1.93 bits per heavy atom. The summed E-state index contributed by atoms with van der Waals surface area (Å²) < 4.78 is 0. The van der Waals surface area contributed by atoms with Crippen LogP contribution in [0, 0.1) is 4.91 Å². The number of nitrogens with zero attached hydrogens (tertiary/aromatic N) is 1. The smallest absolute Gasteiger partial charge is 0.248 e. The number of rotatable bonds is 7. The summed E-state index contributed by atoms with van der Waals surface area (Å²) in [4.78, 5) is 23.9. The van der Waals surface area contributed by atoms with Gasteiger partial charge in [-0.1, -0.05) is 49.8 Å². The molecule has 27 heavy (non-hydrogen) atoms. The van der Waals surface area contributed by atoms with E-state index in [2.05, 4.69) is 10.5 Å². The van der Waals surface area contributed by atoms with Crippen LogP contribution in [0.25, 0.3) is 0 Å². The Morgan fingerprint density at radius 1 is 1.26 bits per heavy atom. The van der Waals surface area contributed by atoms with E-state index in [9.17, 15) is 14.8 Å². The summed E-state index contributed by atoms with van der Waals surface area (Å²) in [6.07, 6.45) is 0.713. The number of nitrogens with one attached hydrogen (secondary N) is 1. The number of nitroso groups, excluding NO2 is 1. The van der Waals surface area contributed by atoms with Crippen LogP contribution in [0.2, 0.25) is 0 Å². The summed E-state index contributed by atoms with van der Waals surface area (Å²) in [5, 5.41) is 15.6. The molecule has 0 bridgehead atoms. The normalized spacial score (nSPS) is 12.9. The number of anilines is 1. The molecule has 142 valence electrons. The highest BCUT2D eigenvalue weighted by Gasteiger charge is 2.23. The van der Waals surface area contributed by atoms with Crippen molar-refractivity contribution in [1.82, 2.24) is 5.32 Å². The van der Waals surface area contributed by atoms with Crippen molar-refractivity contribution in [3.05, 3.63) is 69.6 Å². The third kappa shape index (κ3) is 4.73. The number of allylic oxidation sites excluding steroid dienone is 1. The Morgan fingerprint density at radius 3 is 2.52 bits per heavy atom. The third-order valence-corrected chi connectivity index (χ3v) is 4.70. The highest BCUT2D eigenvalue weighted by atomic mass is 16.3. The molecule has 2 aromatic rings. The number of amides is 1. The van der Waals surface area contributed by atoms with E-state index in [1.807, 2.05) is 51.1 Å². The van der Waals surface area contributed by atoms with Crippen molar-refractivity contribution in [2.75, 3.05) is 5.73 Å². The van der Waals surface area contributed by atoms with Crippen LogP contribution >= 0.6 is 0 Å². The lowest BCUT2D eigenvalue weighted by molar-refractivity contribution is -0.118. The van der Waals surface area contributed by atoms with Gasteiger partial charge < -0.3 is 16.2 Å². The topological polar surface area (TPSA) is 105 Å². The van der Waals surface area contributed by atoms with Gasteiger partial charge in [0.15, 0.2) is 11.4 Å². The number of hydrogen-bond donors (Lipinski definition) is 3. The highest BCUT2D eigenvalue weighted by Crippen LogP contribution is 2.38. The van der Waals surface area contributed by atoms with Crippen LogP contribution in [0.1, 0.15) is 44.2 Å². The fourth-order valence-electron chi connectivity index (χ4n) is 2.97. The number of phenolic OH excluding ortho intramolecular Hbond substituents is 1. The first-order valence-electron chi connectivity index (χ1n) is 8.86. The number of benzene rings is 2. The largest absolute Gasteiger partial charge is 0.504 e. The monoisotopic (exact) mass is 367 g/mol. The molecule has 0 aliphatic rings. The highest BCUT2D eigenvalue weighted by molar-refractivity contribution is 5.95. The van der Waals surface area contributed by atoms with E-state index in [1.54, 1.807) is 6.07 Å². The predicted octanol–water partition coefficient (Wildman–Crippen LogP) is 4.52.